The number of hydrogen-bond acceptors (Lipinski definition) is 5. The third-order valence-corrected chi connectivity index (χ3v) is 4.75. The average Bonchev–Trinajstić information content (AvgIpc) is 3.15. The van der Waals surface area contributed by atoms with Crippen LogP contribution in [-0.2, 0) is 20.9 Å². The van der Waals surface area contributed by atoms with Gasteiger partial charge in [-0.2, -0.15) is 0 Å². The van der Waals surface area contributed by atoms with Crippen LogP contribution in [0.4, 0.5) is 0 Å². The van der Waals surface area contributed by atoms with E-state index >= 15 is 0 Å². The molecule has 1 aromatic heterocycles. The predicted molar refractivity (Wildman–Crippen MR) is 105 cm³/mol. The van der Waals surface area contributed by atoms with E-state index in [-0.39, 0.29) is 11.9 Å². The van der Waals surface area contributed by atoms with Crippen LogP contribution in [0.1, 0.15) is 50.3 Å². The number of nitrogens with zero attached hydrogens (tertiary/aromatic N) is 3. The molecule has 0 spiro atoms. The van der Waals surface area contributed by atoms with Crippen LogP contribution in [0, 0.1) is 0 Å². The number of esters is 1. The fourth-order valence-corrected chi connectivity index (χ4v) is 3.22. The van der Waals surface area contributed by atoms with Gasteiger partial charge in [-0.3, -0.25) is 4.79 Å². The first-order chi connectivity index (χ1) is 13.6. The van der Waals surface area contributed by atoms with Gasteiger partial charge in [-0.05, 0) is 31.4 Å². The minimum atomic E-state index is -0.826. The summed E-state index contributed by atoms with van der Waals surface area (Å²) in [7, 11) is 0. The molecule has 0 unspecified atom stereocenters. The molecule has 0 aliphatic heterocycles. The predicted octanol–water partition coefficient (Wildman–Crippen LogP) is 2.72. The van der Waals surface area contributed by atoms with E-state index in [4.69, 9.17) is 4.74 Å². The summed E-state index contributed by atoms with van der Waals surface area (Å²) in [4.78, 5) is 24.1. The van der Waals surface area contributed by atoms with Gasteiger partial charge in [-0.15, -0.1) is 5.10 Å². The van der Waals surface area contributed by atoms with E-state index in [1.165, 1.54) is 18.6 Å². The Kier molecular flexibility index (Phi) is 6.94. The van der Waals surface area contributed by atoms with E-state index in [0.717, 1.165) is 31.2 Å². The van der Waals surface area contributed by atoms with Crippen LogP contribution in [0.5, 0.6) is 0 Å². The number of aromatic nitrogens is 3. The summed E-state index contributed by atoms with van der Waals surface area (Å²) in [6, 6.07) is 10.1. The van der Waals surface area contributed by atoms with Gasteiger partial charge in [-0.25, -0.2) is 9.48 Å². The SMILES string of the molecule is C[C@H](OC(=O)/C=C/c1cn(Cc2ccccc2)nn1)C(=O)NC1CCCCC1. The normalized spacial score (nSPS) is 16.0. The Hall–Kier alpha value is -2.96. The van der Waals surface area contributed by atoms with Crippen molar-refractivity contribution in [2.24, 2.45) is 0 Å². The zero-order valence-corrected chi connectivity index (χ0v) is 16.1. The van der Waals surface area contributed by atoms with Gasteiger partial charge in [0, 0.05) is 12.1 Å². The molecule has 7 nitrogen and oxygen atoms in total. The number of carbonyl (C=O) groups excluding carboxylic acids is 2. The first kappa shape index (κ1) is 19.8. The van der Waals surface area contributed by atoms with E-state index in [1.54, 1.807) is 17.8 Å². The van der Waals surface area contributed by atoms with E-state index in [0.29, 0.717) is 12.2 Å². The Balaban J connectivity index is 1.46. The molecule has 1 amide bonds. The smallest absolute Gasteiger partial charge is 0.331 e. The third-order valence-electron chi connectivity index (χ3n) is 4.75. The second kappa shape index (κ2) is 9.82. The average molecular weight is 382 g/mol. The summed E-state index contributed by atoms with van der Waals surface area (Å²) in [5, 5.41) is 11.0. The zero-order valence-electron chi connectivity index (χ0n) is 16.1. The van der Waals surface area contributed by atoms with E-state index in [1.807, 2.05) is 30.3 Å². The Bertz CT molecular complexity index is 810. The quantitative estimate of drug-likeness (QED) is 0.588. The Morgan fingerprint density at radius 2 is 2.00 bits per heavy atom. The molecule has 1 saturated carbocycles. The van der Waals surface area contributed by atoms with Crippen LogP contribution >= 0.6 is 0 Å². The van der Waals surface area contributed by atoms with Gasteiger partial charge in [-0.1, -0.05) is 54.8 Å². The van der Waals surface area contributed by atoms with Crippen LogP contribution < -0.4 is 5.32 Å². The van der Waals surface area contributed by atoms with Crippen molar-refractivity contribution in [3.05, 3.63) is 53.9 Å². The topological polar surface area (TPSA) is 86.1 Å². The maximum Gasteiger partial charge on any atom is 0.331 e. The van der Waals surface area contributed by atoms with E-state index < -0.39 is 12.1 Å². The molecule has 1 atom stereocenters. The maximum absolute atomic E-state index is 12.2. The van der Waals surface area contributed by atoms with Crippen molar-refractivity contribution in [1.82, 2.24) is 20.3 Å². The van der Waals surface area contributed by atoms with Gasteiger partial charge >= 0.3 is 5.97 Å². The molecule has 0 bridgehead atoms. The van der Waals surface area contributed by atoms with Crippen LogP contribution in [0.2, 0.25) is 0 Å². The van der Waals surface area contributed by atoms with Gasteiger partial charge in [0.05, 0.1) is 12.7 Å². The van der Waals surface area contributed by atoms with E-state index in [9.17, 15) is 9.59 Å². The molecular formula is C21H26N4O3. The first-order valence-electron chi connectivity index (χ1n) is 9.73. The van der Waals surface area contributed by atoms with Crippen molar-refractivity contribution in [2.45, 2.75) is 57.7 Å². The highest BCUT2D eigenvalue weighted by molar-refractivity contribution is 5.90. The minimum Gasteiger partial charge on any atom is -0.449 e. The fraction of sp³-hybridized carbons (Fsp3) is 0.429. The summed E-state index contributed by atoms with van der Waals surface area (Å²) in [6.45, 7) is 2.19. The second-order valence-corrected chi connectivity index (χ2v) is 7.08. The van der Waals surface area contributed by atoms with Crippen molar-refractivity contribution in [2.75, 3.05) is 0 Å². The molecule has 1 aliphatic carbocycles. The zero-order chi connectivity index (χ0) is 19.8. The monoisotopic (exact) mass is 382 g/mol. The van der Waals surface area contributed by atoms with Gasteiger partial charge in [0.1, 0.15) is 5.69 Å². The number of rotatable bonds is 7. The Morgan fingerprint density at radius 1 is 1.25 bits per heavy atom. The highest BCUT2D eigenvalue weighted by atomic mass is 16.5. The van der Waals surface area contributed by atoms with Crippen LogP contribution in [-0.4, -0.2) is 39.0 Å². The maximum atomic E-state index is 12.2. The van der Waals surface area contributed by atoms with E-state index in [2.05, 4.69) is 15.6 Å². The number of benzene rings is 1. The first-order valence-corrected chi connectivity index (χ1v) is 9.73. The van der Waals surface area contributed by atoms with Gasteiger partial charge in [0.2, 0.25) is 0 Å². The van der Waals surface area contributed by atoms with Crippen LogP contribution in [0.3, 0.4) is 0 Å². The molecule has 1 heterocycles. The molecule has 1 N–H and O–H groups in total. The number of amides is 1. The number of carbonyl (C=O) groups is 2. The minimum absolute atomic E-state index is 0.192. The standard InChI is InChI=1S/C21H26N4O3/c1-16(21(27)22-18-10-6-3-7-11-18)28-20(26)13-12-19-15-25(24-23-19)14-17-8-4-2-5-9-17/h2,4-5,8-9,12-13,15-16,18H,3,6-7,10-11,14H2,1H3,(H,22,27)/b13-12+/t16-/m0/s1. The van der Waals surface area contributed by atoms with Crippen LogP contribution in [0.25, 0.3) is 6.08 Å². The third kappa shape index (κ3) is 6.04. The summed E-state index contributed by atoms with van der Waals surface area (Å²) in [5.41, 5.74) is 1.66. The lowest BCUT2D eigenvalue weighted by Gasteiger charge is -2.24. The lowest BCUT2D eigenvalue weighted by molar-refractivity contribution is -0.150. The summed E-state index contributed by atoms with van der Waals surface area (Å²) in [5.74, 6) is -0.827. The van der Waals surface area contributed by atoms with Crippen LogP contribution in [0.15, 0.2) is 42.6 Å². The van der Waals surface area contributed by atoms with Gasteiger partial charge in [0.15, 0.2) is 6.10 Å². The number of ether oxygens (including phenoxy) is 1. The lowest BCUT2D eigenvalue weighted by atomic mass is 9.95. The Labute approximate surface area is 164 Å². The lowest BCUT2D eigenvalue weighted by Crippen LogP contribution is -2.42. The van der Waals surface area contributed by atoms with Crippen molar-refractivity contribution >= 4 is 18.0 Å². The van der Waals surface area contributed by atoms with Crippen molar-refractivity contribution in [1.29, 1.82) is 0 Å². The molecule has 2 aromatic rings. The molecule has 148 valence electrons. The largest absolute Gasteiger partial charge is 0.449 e. The summed E-state index contributed by atoms with van der Waals surface area (Å²) >= 11 is 0. The highest BCUT2D eigenvalue weighted by Gasteiger charge is 2.21. The van der Waals surface area contributed by atoms with Crippen molar-refractivity contribution in [3.8, 4) is 0 Å². The highest BCUT2D eigenvalue weighted by Crippen LogP contribution is 2.17. The molecule has 0 radical (unpaired) electrons. The molecule has 7 heteroatoms. The molecule has 1 aromatic carbocycles. The van der Waals surface area contributed by atoms with Gasteiger partial charge < -0.3 is 10.1 Å². The molecule has 1 fully saturated rings. The number of nitrogens with one attached hydrogen (secondary N) is 1. The fourth-order valence-electron chi connectivity index (χ4n) is 3.22. The summed E-state index contributed by atoms with van der Waals surface area (Å²) in [6.07, 6.45) is 9.18. The molecule has 28 heavy (non-hydrogen) atoms. The van der Waals surface area contributed by atoms with Crippen molar-refractivity contribution < 1.29 is 14.3 Å². The molecule has 0 saturated heterocycles. The number of hydrogen-bond donors (Lipinski definition) is 1. The Morgan fingerprint density at radius 3 is 2.75 bits per heavy atom. The molecular weight excluding hydrogens is 356 g/mol. The van der Waals surface area contributed by atoms with Crippen molar-refractivity contribution in [3.63, 3.8) is 0 Å². The molecule has 3 rings (SSSR count). The summed E-state index contributed by atoms with van der Waals surface area (Å²) < 4.78 is 6.88. The van der Waals surface area contributed by atoms with Gasteiger partial charge in [0.25, 0.3) is 5.91 Å². The second-order valence-electron chi connectivity index (χ2n) is 7.08. The molecule has 1 aliphatic rings.